The summed E-state index contributed by atoms with van der Waals surface area (Å²) in [5.74, 6) is 1.07. The van der Waals surface area contributed by atoms with Crippen LogP contribution < -0.4 is 0 Å². The van der Waals surface area contributed by atoms with Gasteiger partial charge in [-0.25, -0.2) is 0 Å². The largest absolute Gasteiger partial charge is 0.379 e. The minimum absolute atomic E-state index is 0. The average molecular weight is 329 g/mol. The first-order chi connectivity index (χ1) is 8.25. The number of thioether (sulfide) groups is 1. The molecule has 2 nitrogen and oxygen atoms in total. The van der Waals surface area contributed by atoms with Gasteiger partial charge in [0.15, 0.2) is 0 Å². The summed E-state index contributed by atoms with van der Waals surface area (Å²) >= 11 is 13.7. The quantitative estimate of drug-likeness (QED) is 0.779. The summed E-state index contributed by atoms with van der Waals surface area (Å²) in [7, 11) is 0. The van der Waals surface area contributed by atoms with Crippen molar-refractivity contribution < 1.29 is 4.74 Å². The van der Waals surface area contributed by atoms with Crippen LogP contribution in [-0.2, 0) is 4.74 Å². The second kappa shape index (κ2) is 8.51. The number of halogens is 3. The molecule has 1 fully saturated rings. The van der Waals surface area contributed by atoms with Crippen molar-refractivity contribution in [3.8, 4) is 0 Å². The lowest BCUT2D eigenvalue weighted by Crippen LogP contribution is -2.37. The Morgan fingerprint density at radius 1 is 1.17 bits per heavy atom. The van der Waals surface area contributed by atoms with Gasteiger partial charge in [0.25, 0.3) is 0 Å². The Balaban J connectivity index is 0.00000162. The van der Waals surface area contributed by atoms with Crippen molar-refractivity contribution in [1.82, 2.24) is 4.90 Å². The molecule has 102 valence electrons. The van der Waals surface area contributed by atoms with Gasteiger partial charge in [-0.1, -0.05) is 23.2 Å². The molecule has 1 saturated heterocycles. The van der Waals surface area contributed by atoms with Gasteiger partial charge >= 0.3 is 0 Å². The molecule has 1 heterocycles. The predicted molar refractivity (Wildman–Crippen MR) is 81.7 cm³/mol. The zero-order chi connectivity index (χ0) is 12.1. The number of nitrogens with zero attached hydrogens (tertiary/aromatic N) is 1. The van der Waals surface area contributed by atoms with E-state index in [2.05, 4.69) is 4.90 Å². The second-order valence-electron chi connectivity index (χ2n) is 3.88. The maximum atomic E-state index is 5.97. The number of hydrogen-bond acceptors (Lipinski definition) is 3. The highest BCUT2D eigenvalue weighted by Gasteiger charge is 2.09. The van der Waals surface area contributed by atoms with E-state index in [1.165, 1.54) is 4.90 Å². The maximum Gasteiger partial charge on any atom is 0.0603 e. The summed E-state index contributed by atoms with van der Waals surface area (Å²) < 4.78 is 5.31. The van der Waals surface area contributed by atoms with Crippen LogP contribution in [0.3, 0.4) is 0 Å². The van der Waals surface area contributed by atoms with E-state index in [1.807, 2.05) is 30.0 Å². The summed E-state index contributed by atoms with van der Waals surface area (Å²) in [5.41, 5.74) is 0. The fourth-order valence-electron chi connectivity index (χ4n) is 1.68. The summed E-state index contributed by atoms with van der Waals surface area (Å²) in [6, 6.07) is 5.78. The van der Waals surface area contributed by atoms with Gasteiger partial charge in [-0.2, -0.15) is 0 Å². The molecule has 0 aromatic heterocycles. The zero-order valence-electron chi connectivity index (χ0n) is 9.90. The second-order valence-corrected chi connectivity index (χ2v) is 5.86. The van der Waals surface area contributed by atoms with Crippen LogP contribution >= 0.6 is 47.4 Å². The summed E-state index contributed by atoms with van der Waals surface area (Å²) in [6.45, 7) is 4.90. The molecule has 0 saturated carbocycles. The molecule has 1 aliphatic heterocycles. The predicted octanol–water partition coefficient (Wildman–Crippen LogP) is 3.84. The van der Waals surface area contributed by atoms with E-state index in [1.54, 1.807) is 0 Å². The summed E-state index contributed by atoms with van der Waals surface area (Å²) in [5, 5.41) is 1.24. The standard InChI is InChI=1S/C12H15Cl2NOS.ClH/c13-11-2-1-10(9-12(11)14)17-8-5-15-3-6-16-7-4-15;/h1-2,9H,3-8H2;1H. The lowest BCUT2D eigenvalue weighted by Gasteiger charge is -2.26. The van der Waals surface area contributed by atoms with Crippen LogP contribution in [0.25, 0.3) is 0 Å². The fourth-order valence-corrected chi connectivity index (χ4v) is 3.00. The van der Waals surface area contributed by atoms with E-state index in [0.717, 1.165) is 38.6 Å². The van der Waals surface area contributed by atoms with Gasteiger partial charge in [0.2, 0.25) is 0 Å². The number of morpholine rings is 1. The fraction of sp³-hybridized carbons (Fsp3) is 0.500. The Morgan fingerprint density at radius 2 is 1.89 bits per heavy atom. The van der Waals surface area contributed by atoms with Crippen molar-refractivity contribution in [2.24, 2.45) is 0 Å². The van der Waals surface area contributed by atoms with E-state index in [9.17, 15) is 0 Å². The summed E-state index contributed by atoms with van der Waals surface area (Å²) in [4.78, 5) is 3.60. The topological polar surface area (TPSA) is 12.5 Å². The maximum absolute atomic E-state index is 5.97. The number of rotatable bonds is 4. The Labute approximate surface area is 128 Å². The highest BCUT2D eigenvalue weighted by Crippen LogP contribution is 2.27. The lowest BCUT2D eigenvalue weighted by atomic mass is 10.4. The van der Waals surface area contributed by atoms with Crippen molar-refractivity contribution in [2.45, 2.75) is 4.90 Å². The van der Waals surface area contributed by atoms with Crippen LogP contribution in [0.5, 0.6) is 0 Å². The van der Waals surface area contributed by atoms with Gasteiger partial charge in [0.05, 0.1) is 23.3 Å². The monoisotopic (exact) mass is 327 g/mol. The molecule has 2 rings (SSSR count). The van der Waals surface area contributed by atoms with Crippen LogP contribution in [0.4, 0.5) is 0 Å². The van der Waals surface area contributed by atoms with Crippen LogP contribution in [0.2, 0.25) is 10.0 Å². The molecule has 0 atom stereocenters. The minimum Gasteiger partial charge on any atom is -0.379 e. The molecule has 0 bridgehead atoms. The molecule has 0 N–H and O–H groups in total. The van der Waals surface area contributed by atoms with Crippen molar-refractivity contribution in [3.05, 3.63) is 28.2 Å². The number of benzene rings is 1. The van der Waals surface area contributed by atoms with Crippen molar-refractivity contribution in [1.29, 1.82) is 0 Å². The third kappa shape index (κ3) is 5.16. The molecule has 0 radical (unpaired) electrons. The van der Waals surface area contributed by atoms with Gasteiger partial charge in [-0.05, 0) is 18.2 Å². The zero-order valence-corrected chi connectivity index (χ0v) is 13.0. The van der Waals surface area contributed by atoms with Gasteiger partial charge in [0, 0.05) is 30.3 Å². The molecule has 0 unspecified atom stereocenters. The first-order valence-electron chi connectivity index (χ1n) is 5.63. The third-order valence-electron chi connectivity index (χ3n) is 2.67. The molecular weight excluding hydrogens is 313 g/mol. The SMILES string of the molecule is Cl.Clc1ccc(SCCN2CCOCC2)cc1Cl. The van der Waals surface area contributed by atoms with E-state index >= 15 is 0 Å². The smallest absolute Gasteiger partial charge is 0.0603 e. The van der Waals surface area contributed by atoms with Crippen LogP contribution in [0.1, 0.15) is 0 Å². The highest BCUT2D eigenvalue weighted by atomic mass is 35.5. The van der Waals surface area contributed by atoms with E-state index in [-0.39, 0.29) is 12.4 Å². The number of hydrogen-bond donors (Lipinski definition) is 0. The van der Waals surface area contributed by atoms with Crippen LogP contribution in [0.15, 0.2) is 23.1 Å². The van der Waals surface area contributed by atoms with Crippen LogP contribution in [-0.4, -0.2) is 43.5 Å². The highest BCUT2D eigenvalue weighted by molar-refractivity contribution is 7.99. The first-order valence-corrected chi connectivity index (χ1v) is 7.38. The normalized spacial score (nSPS) is 16.3. The molecule has 1 aromatic rings. The van der Waals surface area contributed by atoms with Crippen LogP contribution in [0, 0.1) is 0 Å². The molecule has 18 heavy (non-hydrogen) atoms. The molecular formula is C12H16Cl3NOS. The molecule has 1 aliphatic rings. The lowest BCUT2D eigenvalue weighted by molar-refractivity contribution is 0.0410. The van der Waals surface area contributed by atoms with Crippen molar-refractivity contribution in [2.75, 3.05) is 38.6 Å². The molecule has 0 aliphatic carbocycles. The Hall–Kier alpha value is 0.360. The van der Waals surface area contributed by atoms with Gasteiger partial charge < -0.3 is 4.74 Å². The van der Waals surface area contributed by atoms with Crippen molar-refractivity contribution >= 4 is 47.4 Å². The summed E-state index contributed by atoms with van der Waals surface area (Å²) in [6.07, 6.45) is 0. The average Bonchev–Trinajstić information content (AvgIpc) is 2.35. The van der Waals surface area contributed by atoms with Gasteiger partial charge in [-0.15, -0.1) is 24.2 Å². The van der Waals surface area contributed by atoms with Gasteiger partial charge in [0.1, 0.15) is 0 Å². The molecule has 1 aromatic carbocycles. The molecule has 0 spiro atoms. The van der Waals surface area contributed by atoms with Crippen molar-refractivity contribution in [3.63, 3.8) is 0 Å². The first kappa shape index (κ1) is 16.4. The van der Waals surface area contributed by atoms with E-state index in [0.29, 0.717) is 10.0 Å². The Kier molecular flexibility index (Phi) is 7.76. The minimum atomic E-state index is 0. The van der Waals surface area contributed by atoms with Gasteiger partial charge in [-0.3, -0.25) is 4.90 Å². The Bertz CT molecular complexity index is 372. The van der Waals surface area contributed by atoms with E-state index < -0.39 is 0 Å². The molecule has 6 heteroatoms. The molecule has 0 amide bonds. The number of ether oxygens (including phenoxy) is 1. The Morgan fingerprint density at radius 3 is 2.56 bits per heavy atom. The van der Waals surface area contributed by atoms with E-state index in [4.69, 9.17) is 27.9 Å². The third-order valence-corrected chi connectivity index (χ3v) is 4.38.